The van der Waals surface area contributed by atoms with Gasteiger partial charge in [-0.1, -0.05) is 12.1 Å². The number of allylic oxidation sites excluding steroid dienone is 1. The molecule has 0 saturated carbocycles. The molecular weight excluding hydrogens is 454 g/mol. The molecule has 0 radical (unpaired) electrons. The molecule has 0 aliphatic carbocycles. The second kappa shape index (κ2) is 10.9. The van der Waals surface area contributed by atoms with Crippen LogP contribution in [0.2, 0.25) is 0 Å². The van der Waals surface area contributed by atoms with E-state index in [0.29, 0.717) is 17.2 Å². The first kappa shape index (κ1) is 26.8. The molecule has 9 heteroatoms. The number of rotatable bonds is 7. The number of amides is 1. The molecular formula is C27H35N7O2. The number of aromatic nitrogens is 2. The fraction of sp³-hybridized carbons (Fsp3) is 0.444. The lowest BCUT2D eigenvalue weighted by Gasteiger charge is -2.44. The van der Waals surface area contributed by atoms with Crippen LogP contribution in [0, 0.1) is 18.3 Å². The van der Waals surface area contributed by atoms with Gasteiger partial charge in [-0.05, 0) is 72.1 Å². The van der Waals surface area contributed by atoms with Gasteiger partial charge >= 0.3 is 0 Å². The highest BCUT2D eigenvalue weighted by molar-refractivity contribution is 5.95. The Hall–Kier alpha value is -3.77. The topological polar surface area (TPSA) is 138 Å². The van der Waals surface area contributed by atoms with Crippen molar-refractivity contribution in [1.29, 1.82) is 5.26 Å². The van der Waals surface area contributed by atoms with Crippen LogP contribution in [0.1, 0.15) is 63.4 Å². The standard InChI is InChI=1S/C27H35N7O2/c1-17-15-31-25(33-22(14-29)16-30-21-11-26(3,4)36-27(5,6)12-21)34-23(17)19-7-9-20(10-8-19)24(35)32-18(2)13-28/h7-10,14-16,18,21H,11-12,29H2,1-6H3,(H,32,35)(H,31,33,34)/t18-/m0/s1. The summed E-state index contributed by atoms with van der Waals surface area (Å²) >= 11 is 0. The van der Waals surface area contributed by atoms with Crippen LogP contribution in [0.25, 0.3) is 11.3 Å². The number of nitrogens with two attached hydrogens (primary N) is 1. The molecule has 1 saturated heterocycles. The number of ether oxygens (including phenoxy) is 1. The summed E-state index contributed by atoms with van der Waals surface area (Å²) in [6.45, 7) is 11.9. The highest BCUT2D eigenvalue weighted by atomic mass is 16.5. The van der Waals surface area contributed by atoms with Crippen LogP contribution < -0.4 is 16.4 Å². The number of benzene rings is 1. The van der Waals surface area contributed by atoms with Gasteiger partial charge in [0.1, 0.15) is 6.04 Å². The Morgan fingerprint density at radius 3 is 2.47 bits per heavy atom. The molecule has 0 bridgehead atoms. The minimum absolute atomic E-state index is 0.113. The van der Waals surface area contributed by atoms with Crippen LogP contribution in [0.3, 0.4) is 0 Å². The van der Waals surface area contributed by atoms with Crippen molar-refractivity contribution in [1.82, 2.24) is 15.3 Å². The molecule has 4 N–H and O–H groups in total. The van der Waals surface area contributed by atoms with E-state index in [4.69, 9.17) is 20.7 Å². The zero-order valence-corrected chi connectivity index (χ0v) is 21.8. The molecule has 0 spiro atoms. The summed E-state index contributed by atoms with van der Waals surface area (Å²) in [4.78, 5) is 26.1. The third-order valence-corrected chi connectivity index (χ3v) is 5.80. The van der Waals surface area contributed by atoms with E-state index in [9.17, 15) is 4.79 Å². The third kappa shape index (κ3) is 7.12. The first-order chi connectivity index (χ1) is 16.9. The Balaban J connectivity index is 1.74. The number of nitrogens with zero attached hydrogens (tertiary/aromatic N) is 4. The fourth-order valence-corrected chi connectivity index (χ4v) is 4.46. The van der Waals surface area contributed by atoms with Crippen LogP contribution in [0.5, 0.6) is 0 Å². The number of carbonyl (C=O) groups is 1. The van der Waals surface area contributed by atoms with Gasteiger partial charge in [-0.25, -0.2) is 9.97 Å². The van der Waals surface area contributed by atoms with Crippen molar-refractivity contribution in [3.05, 3.63) is 53.5 Å². The van der Waals surface area contributed by atoms with E-state index in [-0.39, 0.29) is 23.2 Å². The van der Waals surface area contributed by atoms with Crippen LogP contribution in [0.4, 0.5) is 5.95 Å². The molecule has 0 unspecified atom stereocenters. The largest absolute Gasteiger partial charge is 0.403 e. The lowest BCUT2D eigenvalue weighted by Crippen LogP contribution is -2.46. The molecule has 2 aromatic rings. The smallest absolute Gasteiger partial charge is 0.252 e. The number of aliphatic imine (C=N–C) groups is 1. The summed E-state index contributed by atoms with van der Waals surface area (Å²) in [6, 6.07) is 8.59. The van der Waals surface area contributed by atoms with Gasteiger partial charge in [-0.2, -0.15) is 5.26 Å². The van der Waals surface area contributed by atoms with Crippen molar-refractivity contribution in [2.45, 2.75) is 77.7 Å². The number of hydrogen-bond donors (Lipinski definition) is 3. The summed E-state index contributed by atoms with van der Waals surface area (Å²) in [5.41, 5.74) is 8.87. The van der Waals surface area contributed by atoms with Gasteiger partial charge in [0.05, 0.1) is 34.7 Å². The summed E-state index contributed by atoms with van der Waals surface area (Å²) in [6.07, 6.45) is 6.53. The number of aryl methyl sites for hydroxylation is 1. The zero-order valence-electron chi connectivity index (χ0n) is 21.8. The molecule has 1 atom stereocenters. The average molecular weight is 490 g/mol. The molecule has 1 aliphatic heterocycles. The number of carbonyl (C=O) groups excluding carboxylic acids is 1. The second-order valence-electron chi connectivity index (χ2n) is 10.3. The summed E-state index contributed by atoms with van der Waals surface area (Å²) < 4.78 is 6.15. The maximum Gasteiger partial charge on any atom is 0.252 e. The van der Waals surface area contributed by atoms with Crippen LogP contribution in [-0.4, -0.2) is 45.4 Å². The maximum atomic E-state index is 12.2. The first-order valence-electron chi connectivity index (χ1n) is 12.0. The lowest BCUT2D eigenvalue weighted by atomic mass is 9.85. The molecule has 2 heterocycles. The quantitative estimate of drug-likeness (QED) is 0.497. The molecule has 36 heavy (non-hydrogen) atoms. The van der Waals surface area contributed by atoms with Crippen LogP contribution in [-0.2, 0) is 4.74 Å². The summed E-state index contributed by atoms with van der Waals surface area (Å²) in [7, 11) is 0. The van der Waals surface area contributed by atoms with E-state index in [1.54, 1.807) is 31.5 Å². The maximum absolute atomic E-state index is 12.2. The lowest BCUT2D eigenvalue weighted by molar-refractivity contribution is -0.160. The van der Waals surface area contributed by atoms with E-state index in [0.717, 1.165) is 29.7 Å². The van der Waals surface area contributed by atoms with E-state index in [1.807, 2.05) is 25.1 Å². The van der Waals surface area contributed by atoms with Crippen LogP contribution in [0.15, 0.2) is 47.4 Å². The van der Waals surface area contributed by atoms with Crippen molar-refractivity contribution in [2.75, 3.05) is 5.32 Å². The molecule has 3 rings (SSSR count). The minimum Gasteiger partial charge on any atom is -0.403 e. The Morgan fingerprint density at radius 1 is 1.25 bits per heavy atom. The Morgan fingerprint density at radius 2 is 1.89 bits per heavy atom. The minimum atomic E-state index is -0.562. The molecule has 190 valence electrons. The van der Waals surface area contributed by atoms with Gasteiger partial charge in [-0.15, -0.1) is 0 Å². The molecule has 1 amide bonds. The van der Waals surface area contributed by atoms with Crippen molar-refractivity contribution < 1.29 is 9.53 Å². The Labute approximate surface area is 212 Å². The summed E-state index contributed by atoms with van der Waals surface area (Å²) in [5.74, 6) is 0.0849. The van der Waals surface area contributed by atoms with Gasteiger partial charge < -0.3 is 21.1 Å². The predicted molar refractivity (Wildman–Crippen MR) is 141 cm³/mol. The Bertz CT molecular complexity index is 1180. The van der Waals surface area contributed by atoms with Gasteiger partial charge in [0, 0.05) is 29.7 Å². The van der Waals surface area contributed by atoms with Gasteiger partial charge in [0.15, 0.2) is 0 Å². The molecule has 9 nitrogen and oxygen atoms in total. The molecule has 1 aliphatic rings. The van der Waals surface area contributed by atoms with E-state index in [2.05, 4.69) is 48.3 Å². The predicted octanol–water partition coefficient (Wildman–Crippen LogP) is 4.11. The van der Waals surface area contributed by atoms with Gasteiger partial charge in [0.2, 0.25) is 5.95 Å². The highest BCUT2D eigenvalue weighted by Gasteiger charge is 2.39. The number of nitrogens with one attached hydrogen (secondary N) is 2. The molecule has 1 aromatic carbocycles. The highest BCUT2D eigenvalue weighted by Crippen LogP contribution is 2.36. The Kier molecular flexibility index (Phi) is 8.10. The monoisotopic (exact) mass is 489 g/mol. The number of nitriles is 1. The van der Waals surface area contributed by atoms with E-state index < -0.39 is 6.04 Å². The van der Waals surface area contributed by atoms with E-state index >= 15 is 0 Å². The van der Waals surface area contributed by atoms with Crippen molar-refractivity contribution in [2.24, 2.45) is 10.7 Å². The van der Waals surface area contributed by atoms with Crippen molar-refractivity contribution in [3.63, 3.8) is 0 Å². The number of anilines is 1. The first-order valence-corrected chi connectivity index (χ1v) is 12.0. The number of hydrogen-bond acceptors (Lipinski definition) is 8. The average Bonchev–Trinajstić information content (AvgIpc) is 2.80. The van der Waals surface area contributed by atoms with Crippen molar-refractivity contribution >= 4 is 18.1 Å². The second-order valence-corrected chi connectivity index (χ2v) is 10.3. The van der Waals surface area contributed by atoms with Gasteiger partial charge in [-0.3, -0.25) is 9.79 Å². The molecule has 1 aromatic heterocycles. The van der Waals surface area contributed by atoms with Crippen molar-refractivity contribution in [3.8, 4) is 17.3 Å². The third-order valence-electron chi connectivity index (χ3n) is 5.80. The normalized spacial score (nSPS) is 18.4. The summed E-state index contributed by atoms with van der Waals surface area (Å²) in [5, 5.41) is 14.7. The zero-order chi connectivity index (χ0) is 26.5. The fourth-order valence-electron chi connectivity index (χ4n) is 4.46. The SMILES string of the molecule is Cc1cnc(NC(C=NC2CC(C)(C)OC(C)(C)C2)=CN)nc1-c1ccc(C(=O)N[C@@H](C)C#N)cc1. The van der Waals surface area contributed by atoms with Gasteiger partial charge in [0.25, 0.3) is 5.91 Å². The van der Waals surface area contributed by atoms with E-state index in [1.165, 1.54) is 6.20 Å². The molecule has 1 fully saturated rings. The van der Waals surface area contributed by atoms with Crippen LogP contribution >= 0.6 is 0 Å².